The highest BCUT2D eigenvalue weighted by molar-refractivity contribution is 6.06. The molecule has 8 nitrogen and oxygen atoms in total. The Kier molecular flexibility index (Phi) is 5.18. The van der Waals surface area contributed by atoms with Gasteiger partial charge in [0.2, 0.25) is 5.91 Å². The molecule has 3 heterocycles. The molecule has 3 aromatic carbocycles. The van der Waals surface area contributed by atoms with Crippen molar-refractivity contribution in [3.63, 3.8) is 0 Å². The Hall–Kier alpha value is -4.59. The second-order valence-electron chi connectivity index (χ2n) is 8.37. The largest absolute Gasteiger partial charge is 0.486 e. The fourth-order valence-corrected chi connectivity index (χ4v) is 4.47. The SMILES string of the molecule is O=C(Cn1c2ccccc2c2ncn(Cc3ccccc3)c(=O)c21)Nc1ccc2c(c1)OCCO2. The van der Waals surface area contributed by atoms with Crippen LogP contribution in [0, 0.1) is 0 Å². The number of hydrogen-bond acceptors (Lipinski definition) is 5. The zero-order valence-corrected chi connectivity index (χ0v) is 18.8. The first-order chi connectivity index (χ1) is 17.2. The first-order valence-corrected chi connectivity index (χ1v) is 11.4. The third-order valence-corrected chi connectivity index (χ3v) is 6.06. The molecular formula is C27H22N4O4. The summed E-state index contributed by atoms with van der Waals surface area (Å²) in [5.41, 5.74) is 3.17. The van der Waals surface area contributed by atoms with Crippen LogP contribution in [0.15, 0.2) is 83.9 Å². The van der Waals surface area contributed by atoms with Gasteiger partial charge in [0.1, 0.15) is 30.8 Å². The first-order valence-electron chi connectivity index (χ1n) is 11.4. The topological polar surface area (TPSA) is 87.4 Å². The summed E-state index contributed by atoms with van der Waals surface area (Å²) in [5, 5.41) is 3.74. The lowest BCUT2D eigenvalue weighted by molar-refractivity contribution is -0.116. The fourth-order valence-electron chi connectivity index (χ4n) is 4.47. The van der Waals surface area contributed by atoms with Crippen LogP contribution in [-0.2, 0) is 17.9 Å². The number of rotatable bonds is 5. The Balaban J connectivity index is 1.37. The van der Waals surface area contributed by atoms with Gasteiger partial charge in [-0.15, -0.1) is 0 Å². The van der Waals surface area contributed by atoms with E-state index in [1.165, 1.54) is 0 Å². The molecule has 0 spiro atoms. The molecule has 6 rings (SSSR count). The van der Waals surface area contributed by atoms with Crippen molar-refractivity contribution < 1.29 is 14.3 Å². The van der Waals surface area contributed by atoms with Crippen LogP contribution in [-0.4, -0.2) is 33.2 Å². The van der Waals surface area contributed by atoms with Gasteiger partial charge >= 0.3 is 0 Å². The molecule has 1 N–H and O–H groups in total. The van der Waals surface area contributed by atoms with Crippen molar-refractivity contribution in [1.82, 2.24) is 14.1 Å². The number of benzene rings is 3. The van der Waals surface area contributed by atoms with E-state index < -0.39 is 0 Å². The van der Waals surface area contributed by atoms with Gasteiger partial charge < -0.3 is 19.4 Å². The van der Waals surface area contributed by atoms with Crippen LogP contribution in [0.2, 0.25) is 0 Å². The molecule has 0 unspecified atom stereocenters. The molecule has 8 heteroatoms. The summed E-state index contributed by atoms with van der Waals surface area (Å²) < 4.78 is 14.5. The number of aromatic nitrogens is 3. The number of hydrogen-bond donors (Lipinski definition) is 1. The molecule has 0 aliphatic carbocycles. The molecule has 174 valence electrons. The van der Waals surface area contributed by atoms with Gasteiger partial charge in [0.05, 0.1) is 18.4 Å². The minimum absolute atomic E-state index is 0.0370. The number of para-hydroxylation sites is 1. The maximum absolute atomic E-state index is 13.6. The summed E-state index contributed by atoms with van der Waals surface area (Å²) in [7, 11) is 0. The van der Waals surface area contributed by atoms with E-state index >= 15 is 0 Å². The summed E-state index contributed by atoms with van der Waals surface area (Å²) in [6.45, 7) is 1.33. The molecule has 2 aromatic heterocycles. The maximum atomic E-state index is 13.6. The van der Waals surface area contributed by atoms with Crippen molar-refractivity contribution in [3.05, 3.63) is 95.0 Å². The summed E-state index contributed by atoms with van der Waals surface area (Å²) >= 11 is 0. The third-order valence-electron chi connectivity index (χ3n) is 6.06. The molecule has 1 aliphatic heterocycles. The van der Waals surface area contributed by atoms with E-state index in [2.05, 4.69) is 10.3 Å². The zero-order valence-electron chi connectivity index (χ0n) is 18.8. The van der Waals surface area contributed by atoms with Crippen LogP contribution in [0.25, 0.3) is 21.9 Å². The molecule has 0 fully saturated rings. The van der Waals surface area contributed by atoms with Crippen LogP contribution in [0.1, 0.15) is 5.56 Å². The molecule has 35 heavy (non-hydrogen) atoms. The Bertz CT molecular complexity index is 1620. The van der Waals surface area contributed by atoms with Crippen molar-refractivity contribution in [2.75, 3.05) is 18.5 Å². The highest BCUT2D eigenvalue weighted by atomic mass is 16.6. The maximum Gasteiger partial charge on any atom is 0.278 e. The summed E-state index contributed by atoms with van der Waals surface area (Å²) in [6, 6.07) is 22.6. The predicted octanol–water partition coefficient (Wildman–Crippen LogP) is 3.81. The zero-order chi connectivity index (χ0) is 23.8. The van der Waals surface area contributed by atoms with E-state index in [1.807, 2.05) is 54.6 Å². The van der Waals surface area contributed by atoms with E-state index in [4.69, 9.17) is 9.47 Å². The highest BCUT2D eigenvalue weighted by Crippen LogP contribution is 2.32. The molecule has 1 aliphatic rings. The summed E-state index contributed by atoms with van der Waals surface area (Å²) in [6.07, 6.45) is 1.57. The van der Waals surface area contributed by atoms with Crippen molar-refractivity contribution in [3.8, 4) is 11.5 Å². The second kappa shape index (κ2) is 8.64. The Morgan fingerprint density at radius 3 is 2.57 bits per heavy atom. The van der Waals surface area contributed by atoms with Crippen LogP contribution >= 0.6 is 0 Å². The van der Waals surface area contributed by atoms with Crippen molar-refractivity contribution in [2.24, 2.45) is 0 Å². The number of amides is 1. The van der Waals surface area contributed by atoms with Crippen molar-refractivity contribution in [2.45, 2.75) is 13.1 Å². The van der Waals surface area contributed by atoms with E-state index in [-0.39, 0.29) is 18.0 Å². The van der Waals surface area contributed by atoms with Crippen LogP contribution < -0.4 is 20.3 Å². The molecule has 5 aromatic rings. The number of carbonyl (C=O) groups excluding carboxylic acids is 1. The van der Waals surface area contributed by atoms with Gasteiger partial charge in [0.15, 0.2) is 11.5 Å². The lowest BCUT2D eigenvalue weighted by Gasteiger charge is -2.19. The highest BCUT2D eigenvalue weighted by Gasteiger charge is 2.19. The van der Waals surface area contributed by atoms with E-state index in [1.54, 1.807) is 33.7 Å². The standard InChI is InChI=1S/C27H22N4O4/c32-24(29-19-10-11-22-23(14-19)35-13-12-34-22)16-31-21-9-5-4-8-20(21)25-26(31)27(33)30(17-28-25)15-18-6-2-1-3-7-18/h1-11,14,17H,12-13,15-16H2,(H,29,32). The average Bonchev–Trinajstić information content (AvgIpc) is 3.20. The van der Waals surface area contributed by atoms with Gasteiger partial charge in [0, 0.05) is 17.1 Å². The smallest absolute Gasteiger partial charge is 0.278 e. The Labute approximate surface area is 200 Å². The van der Waals surface area contributed by atoms with Gasteiger partial charge in [-0.3, -0.25) is 14.2 Å². The van der Waals surface area contributed by atoms with Crippen LogP contribution in [0.3, 0.4) is 0 Å². The predicted molar refractivity (Wildman–Crippen MR) is 133 cm³/mol. The molecular weight excluding hydrogens is 444 g/mol. The first kappa shape index (κ1) is 21.0. The number of fused-ring (bicyclic) bond motifs is 4. The third kappa shape index (κ3) is 3.89. The number of carbonyl (C=O) groups is 1. The number of ether oxygens (including phenoxy) is 2. The average molecular weight is 466 g/mol. The number of anilines is 1. The van der Waals surface area contributed by atoms with Gasteiger partial charge in [-0.05, 0) is 23.8 Å². The van der Waals surface area contributed by atoms with E-state index in [9.17, 15) is 9.59 Å². The Morgan fingerprint density at radius 1 is 0.943 bits per heavy atom. The van der Waals surface area contributed by atoms with Gasteiger partial charge in [-0.2, -0.15) is 0 Å². The van der Waals surface area contributed by atoms with E-state index in [0.717, 1.165) is 16.5 Å². The number of nitrogens with zero attached hydrogens (tertiary/aromatic N) is 3. The monoisotopic (exact) mass is 466 g/mol. The summed E-state index contributed by atoms with van der Waals surface area (Å²) in [5.74, 6) is 0.989. The van der Waals surface area contributed by atoms with Crippen molar-refractivity contribution in [1.29, 1.82) is 0 Å². The molecule has 0 atom stereocenters. The van der Waals surface area contributed by atoms with Gasteiger partial charge in [0.25, 0.3) is 5.56 Å². The minimum Gasteiger partial charge on any atom is -0.486 e. The molecule has 0 saturated heterocycles. The lowest BCUT2D eigenvalue weighted by atomic mass is 10.2. The molecule has 1 amide bonds. The summed E-state index contributed by atoms with van der Waals surface area (Å²) in [4.78, 5) is 31.3. The quantitative estimate of drug-likeness (QED) is 0.426. The van der Waals surface area contributed by atoms with Gasteiger partial charge in [-0.25, -0.2) is 4.98 Å². The molecule has 0 bridgehead atoms. The van der Waals surface area contributed by atoms with Crippen molar-refractivity contribution >= 4 is 33.5 Å². The van der Waals surface area contributed by atoms with Gasteiger partial charge in [-0.1, -0.05) is 48.5 Å². The Morgan fingerprint density at radius 2 is 1.71 bits per heavy atom. The second-order valence-corrected chi connectivity index (χ2v) is 8.37. The number of nitrogens with one attached hydrogen (secondary N) is 1. The normalized spacial score (nSPS) is 12.7. The van der Waals surface area contributed by atoms with Crippen LogP contribution in [0.4, 0.5) is 5.69 Å². The molecule has 0 saturated carbocycles. The fraction of sp³-hybridized carbons (Fsp3) is 0.148. The minimum atomic E-state index is -0.262. The van der Waals surface area contributed by atoms with E-state index in [0.29, 0.717) is 48.0 Å². The molecule has 0 radical (unpaired) electrons. The van der Waals surface area contributed by atoms with Crippen LogP contribution in [0.5, 0.6) is 11.5 Å². The lowest BCUT2D eigenvalue weighted by Crippen LogP contribution is -2.25.